The Hall–Kier alpha value is -1.62. The number of ether oxygens (including phenoxy) is 1. The first-order valence-corrected chi connectivity index (χ1v) is 4.55. The summed E-state index contributed by atoms with van der Waals surface area (Å²) in [4.78, 5) is 15.0. The molecule has 0 atom stereocenters. The van der Waals surface area contributed by atoms with Crippen molar-refractivity contribution in [1.29, 1.82) is 0 Å². The van der Waals surface area contributed by atoms with Crippen LogP contribution in [0.2, 0.25) is 0 Å². The Bertz CT molecular complexity index is 319. The molecule has 1 amide bonds. The number of rotatable bonds is 3. The van der Waals surface area contributed by atoms with Crippen molar-refractivity contribution in [2.75, 3.05) is 6.54 Å². The minimum Gasteiger partial charge on any atom is -0.409 e. The summed E-state index contributed by atoms with van der Waals surface area (Å²) < 4.78 is 4.89. The number of pyridine rings is 1. The van der Waals surface area contributed by atoms with E-state index in [1.165, 1.54) is 6.20 Å². The number of aromatic nitrogens is 1. The van der Waals surface area contributed by atoms with Gasteiger partial charge in [0, 0.05) is 12.7 Å². The lowest BCUT2D eigenvalue weighted by molar-refractivity contribution is 0.0791. The van der Waals surface area contributed by atoms with E-state index in [4.69, 9.17) is 4.74 Å². The molecule has 5 nitrogen and oxygen atoms in total. The predicted octanol–water partition coefficient (Wildman–Crippen LogP) is 0.941. The van der Waals surface area contributed by atoms with Gasteiger partial charge in [0.2, 0.25) is 0 Å². The fraction of sp³-hybridized carbons (Fsp3) is 0.400. The summed E-state index contributed by atoms with van der Waals surface area (Å²) in [7, 11) is 0. The number of carbonyl (C=O) groups is 1. The van der Waals surface area contributed by atoms with Crippen LogP contribution in [0.4, 0.5) is 4.79 Å². The van der Waals surface area contributed by atoms with Crippen LogP contribution in [0.5, 0.6) is 5.75 Å². The highest BCUT2D eigenvalue weighted by Crippen LogP contribution is 2.06. The normalized spacial score (nSPS) is 10.9. The van der Waals surface area contributed by atoms with E-state index < -0.39 is 11.7 Å². The molecular formula is C10H14N2O3. The molecule has 0 bridgehead atoms. The molecule has 1 aromatic heterocycles. The minimum absolute atomic E-state index is 0.131. The van der Waals surface area contributed by atoms with Crippen LogP contribution in [-0.4, -0.2) is 28.3 Å². The average Bonchev–Trinajstić information content (AvgIpc) is 2.15. The monoisotopic (exact) mass is 210 g/mol. The van der Waals surface area contributed by atoms with Crippen LogP contribution in [0.1, 0.15) is 13.8 Å². The third-order valence-corrected chi connectivity index (χ3v) is 1.51. The van der Waals surface area contributed by atoms with Gasteiger partial charge in [-0.15, -0.1) is 0 Å². The van der Waals surface area contributed by atoms with Gasteiger partial charge < -0.3 is 15.2 Å². The van der Waals surface area contributed by atoms with Crippen LogP contribution in [-0.2, 0) is 0 Å². The van der Waals surface area contributed by atoms with E-state index in [9.17, 15) is 9.90 Å². The molecule has 1 heterocycles. The zero-order valence-electron chi connectivity index (χ0n) is 8.73. The number of aliphatic hydroxyl groups is 1. The molecule has 0 aromatic carbocycles. The lowest BCUT2D eigenvalue weighted by Gasteiger charge is -2.17. The Morgan fingerprint density at radius 2 is 2.40 bits per heavy atom. The van der Waals surface area contributed by atoms with Crippen molar-refractivity contribution in [2.45, 2.75) is 19.4 Å². The molecule has 1 rings (SSSR count). The van der Waals surface area contributed by atoms with E-state index in [1.54, 1.807) is 32.2 Å². The number of carbonyl (C=O) groups excluding carboxylic acids is 1. The van der Waals surface area contributed by atoms with Crippen LogP contribution in [0.3, 0.4) is 0 Å². The van der Waals surface area contributed by atoms with Gasteiger partial charge >= 0.3 is 6.09 Å². The molecule has 5 heteroatoms. The lowest BCUT2D eigenvalue weighted by atomic mass is 10.1. The topological polar surface area (TPSA) is 71.5 Å². The third-order valence-electron chi connectivity index (χ3n) is 1.51. The van der Waals surface area contributed by atoms with Gasteiger partial charge in [0.25, 0.3) is 0 Å². The quantitative estimate of drug-likeness (QED) is 0.778. The maximum Gasteiger partial charge on any atom is 0.412 e. The molecule has 0 aliphatic carbocycles. The number of nitrogens with zero attached hydrogens (tertiary/aromatic N) is 1. The fourth-order valence-corrected chi connectivity index (χ4v) is 0.839. The molecule has 0 spiro atoms. The van der Waals surface area contributed by atoms with E-state index in [1.807, 2.05) is 0 Å². The second-order valence-corrected chi connectivity index (χ2v) is 3.74. The maximum atomic E-state index is 11.2. The van der Waals surface area contributed by atoms with Crippen LogP contribution in [0.25, 0.3) is 0 Å². The molecule has 0 fully saturated rings. The van der Waals surface area contributed by atoms with E-state index >= 15 is 0 Å². The van der Waals surface area contributed by atoms with Crippen molar-refractivity contribution < 1.29 is 14.6 Å². The number of hydrogen-bond donors (Lipinski definition) is 2. The van der Waals surface area contributed by atoms with E-state index in [0.717, 1.165) is 0 Å². The van der Waals surface area contributed by atoms with Crippen molar-refractivity contribution >= 4 is 6.09 Å². The molecule has 0 saturated carbocycles. The first-order chi connectivity index (χ1) is 6.97. The van der Waals surface area contributed by atoms with E-state index in [0.29, 0.717) is 5.75 Å². The fourth-order valence-electron chi connectivity index (χ4n) is 0.839. The minimum atomic E-state index is -0.950. The highest BCUT2D eigenvalue weighted by Gasteiger charge is 2.14. The largest absolute Gasteiger partial charge is 0.412 e. The van der Waals surface area contributed by atoms with E-state index in [-0.39, 0.29) is 6.54 Å². The van der Waals surface area contributed by atoms with Crippen LogP contribution in [0, 0.1) is 0 Å². The molecule has 15 heavy (non-hydrogen) atoms. The molecule has 0 unspecified atom stereocenters. The maximum absolute atomic E-state index is 11.2. The lowest BCUT2D eigenvalue weighted by Crippen LogP contribution is -2.39. The first-order valence-electron chi connectivity index (χ1n) is 4.55. The molecule has 0 saturated heterocycles. The van der Waals surface area contributed by atoms with Crippen molar-refractivity contribution in [2.24, 2.45) is 0 Å². The standard InChI is InChI=1S/C10H14N2O3/c1-10(2,14)7-12-9(13)15-8-4-3-5-11-6-8/h3-6,14H,7H2,1-2H3,(H,12,13). The molecule has 82 valence electrons. The predicted molar refractivity (Wildman–Crippen MR) is 54.6 cm³/mol. The van der Waals surface area contributed by atoms with Crippen molar-refractivity contribution in [3.8, 4) is 5.75 Å². The molecule has 0 radical (unpaired) electrons. The van der Waals surface area contributed by atoms with Gasteiger partial charge in [-0.05, 0) is 26.0 Å². The Balaban J connectivity index is 2.38. The summed E-state index contributed by atoms with van der Waals surface area (Å²) in [5.41, 5.74) is -0.950. The van der Waals surface area contributed by atoms with Gasteiger partial charge in [0.15, 0.2) is 5.75 Å². The molecular weight excluding hydrogens is 196 g/mol. The second kappa shape index (κ2) is 4.75. The van der Waals surface area contributed by atoms with Crippen LogP contribution in [0.15, 0.2) is 24.5 Å². The Morgan fingerprint density at radius 3 is 2.93 bits per heavy atom. The zero-order valence-corrected chi connectivity index (χ0v) is 8.73. The first kappa shape index (κ1) is 11.5. The van der Waals surface area contributed by atoms with Gasteiger partial charge in [-0.2, -0.15) is 0 Å². The second-order valence-electron chi connectivity index (χ2n) is 3.74. The van der Waals surface area contributed by atoms with Crippen molar-refractivity contribution in [3.05, 3.63) is 24.5 Å². The highest BCUT2D eigenvalue weighted by atomic mass is 16.6. The van der Waals surface area contributed by atoms with Crippen LogP contribution >= 0.6 is 0 Å². The summed E-state index contributed by atoms with van der Waals surface area (Å²) in [5, 5.41) is 11.8. The summed E-state index contributed by atoms with van der Waals surface area (Å²) in [5.74, 6) is 0.366. The molecule has 0 aliphatic rings. The van der Waals surface area contributed by atoms with Crippen molar-refractivity contribution in [1.82, 2.24) is 10.3 Å². The smallest absolute Gasteiger partial charge is 0.409 e. The molecule has 1 aromatic rings. The number of hydrogen-bond acceptors (Lipinski definition) is 4. The summed E-state index contributed by atoms with van der Waals surface area (Å²) in [6, 6.07) is 3.29. The highest BCUT2D eigenvalue weighted by molar-refractivity contribution is 5.70. The van der Waals surface area contributed by atoms with E-state index in [2.05, 4.69) is 10.3 Å². The summed E-state index contributed by atoms with van der Waals surface area (Å²) in [6.45, 7) is 3.32. The SMILES string of the molecule is CC(C)(O)CNC(=O)Oc1cccnc1. The Labute approximate surface area is 88.1 Å². The van der Waals surface area contributed by atoms with Gasteiger partial charge in [-0.3, -0.25) is 4.98 Å². The zero-order chi connectivity index (χ0) is 11.3. The van der Waals surface area contributed by atoms with Gasteiger partial charge in [-0.25, -0.2) is 4.79 Å². The average molecular weight is 210 g/mol. The van der Waals surface area contributed by atoms with Gasteiger partial charge in [-0.1, -0.05) is 0 Å². The van der Waals surface area contributed by atoms with Crippen molar-refractivity contribution in [3.63, 3.8) is 0 Å². The Morgan fingerprint density at radius 1 is 1.67 bits per heavy atom. The number of amides is 1. The molecule has 2 N–H and O–H groups in total. The van der Waals surface area contributed by atoms with Gasteiger partial charge in [0.05, 0.1) is 11.8 Å². The number of nitrogens with one attached hydrogen (secondary N) is 1. The van der Waals surface area contributed by atoms with Crippen LogP contribution < -0.4 is 10.1 Å². The molecule has 0 aliphatic heterocycles. The summed E-state index contributed by atoms with van der Waals surface area (Å²) >= 11 is 0. The summed E-state index contributed by atoms with van der Waals surface area (Å²) in [6.07, 6.45) is 2.41. The van der Waals surface area contributed by atoms with Gasteiger partial charge in [0.1, 0.15) is 0 Å². The third kappa shape index (κ3) is 4.97. The Kier molecular flexibility index (Phi) is 3.62.